The number of hydrogen-bond acceptors (Lipinski definition) is 6. The molecule has 0 saturated heterocycles. The van der Waals surface area contributed by atoms with Crippen molar-refractivity contribution in [3.05, 3.63) is 32.7 Å². The summed E-state index contributed by atoms with van der Waals surface area (Å²) in [6, 6.07) is 1.98. The van der Waals surface area contributed by atoms with Crippen molar-refractivity contribution in [3.63, 3.8) is 0 Å². The van der Waals surface area contributed by atoms with Crippen LogP contribution in [0.2, 0.25) is 0 Å². The molecule has 102 valence electrons. The van der Waals surface area contributed by atoms with Gasteiger partial charge in [-0.1, -0.05) is 0 Å². The van der Waals surface area contributed by atoms with Crippen LogP contribution in [-0.4, -0.2) is 31.2 Å². The SMILES string of the molecule is CNC(c1csc(Br)c1)c1ncc(OC)nc1OC. The van der Waals surface area contributed by atoms with Gasteiger partial charge in [0.1, 0.15) is 5.69 Å². The fourth-order valence-corrected chi connectivity index (χ4v) is 2.95. The molecule has 0 saturated carbocycles. The molecule has 1 atom stereocenters. The monoisotopic (exact) mass is 343 g/mol. The minimum Gasteiger partial charge on any atom is -0.480 e. The molecule has 0 aliphatic heterocycles. The van der Waals surface area contributed by atoms with E-state index in [-0.39, 0.29) is 6.04 Å². The highest BCUT2D eigenvalue weighted by Crippen LogP contribution is 2.32. The first kappa shape index (κ1) is 14.2. The minimum absolute atomic E-state index is 0.0732. The Kier molecular flexibility index (Phi) is 4.73. The molecule has 0 spiro atoms. The van der Waals surface area contributed by atoms with Gasteiger partial charge in [-0.3, -0.25) is 0 Å². The summed E-state index contributed by atoms with van der Waals surface area (Å²) >= 11 is 5.09. The summed E-state index contributed by atoms with van der Waals surface area (Å²) in [6.45, 7) is 0. The quantitative estimate of drug-likeness (QED) is 0.904. The smallest absolute Gasteiger partial charge is 0.240 e. The van der Waals surface area contributed by atoms with Crippen molar-refractivity contribution in [1.29, 1.82) is 0 Å². The fraction of sp³-hybridized carbons (Fsp3) is 0.333. The first-order chi connectivity index (χ1) is 9.19. The van der Waals surface area contributed by atoms with Crippen LogP contribution in [0.3, 0.4) is 0 Å². The highest BCUT2D eigenvalue weighted by atomic mass is 79.9. The molecule has 1 unspecified atom stereocenters. The molecule has 5 nitrogen and oxygen atoms in total. The van der Waals surface area contributed by atoms with Gasteiger partial charge in [-0.15, -0.1) is 11.3 Å². The number of thiophene rings is 1. The molecule has 2 aromatic heterocycles. The third-order valence-corrected chi connectivity index (χ3v) is 4.15. The van der Waals surface area contributed by atoms with Gasteiger partial charge < -0.3 is 14.8 Å². The average molecular weight is 344 g/mol. The summed E-state index contributed by atoms with van der Waals surface area (Å²) in [5.74, 6) is 0.892. The predicted molar refractivity (Wildman–Crippen MR) is 78.1 cm³/mol. The molecule has 0 radical (unpaired) electrons. The van der Waals surface area contributed by atoms with Crippen LogP contribution in [0.1, 0.15) is 17.3 Å². The molecule has 0 aliphatic rings. The highest BCUT2D eigenvalue weighted by Gasteiger charge is 2.21. The van der Waals surface area contributed by atoms with Crippen molar-refractivity contribution in [2.24, 2.45) is 0 Å². The van der Waals surface area contributed by atoms with E-state index in [9.17, 15) is 0 Å². The Bertz CT molecular complexity index is 562. The number of nitrogens with one attached hydrogen (secondary N) is 1. The maximum absolute atomic E-state index is 5.30. The molecule has 7 heteroatoms. The average Bonchev–Trinajstić information content (AvgIpc) is 2.86. The number of aromatic nitrogens is 2. The van der Waals surface area contributed by atoms with Gasteiger partial charge in [0, 0.05) is 0 Å². The van der Waals surface area contributed by atoms with E-state index < -0.39 is 0 Å². The largest absolute Gasteiger partial charge is 0.480 e. The van der Waals surface area contributed by atoms with Crippen LogP contribution < -0.4 is 14.8 Å². The Labute approximate surface area is 124 Å². The van der Waals surface area contributed by atoms with Gasteiger partial charge in [-0.2, -0.15) is 4.98 Å². The van der Waals surface area contributed by atoms with E-state index >= 15 is 0 Å². The van der Waals surface area contributed by atoms with E-state index in [4.69, 9.17) is 9.47 Å². The van der Waals surface area contributed by atoms with E-state index in [0.29, 0.717) is 11.8 Å². The number of ether oxygens (including phenoxy) is 2. The molecule has 0 fully saturated rings. The van der Waals surface area contributed by atoms with E-state index in [1.807, 2.05) is 7.05 Å². The molecule has 0 bridgehead atoms. The summed E-state index contributed by atoms with van der Waals surface area (Å²) in [4.78, 5) is 8.65. The summed E-state index contributed by atoms with van der Waals surface area (Å²) in [7, 11) is 5.00. The van der Waals surface area contributed by atoms with E-state index in [1.165, 1.54) is 0 Å². The molecular formula is C12H14BrN3O2S. The summed E-state index contributed by atoms with van der Waals surface area (Å²) in [5, 5.41) is 5.29. The Balaban J connectivity index is 2.43. The summed E-state index contributed by atoms with van der Waals surface area (Å²) < 4.78 is 11.4. The first-order valence-electron chi connectivity index (χ1n) is 5.55. The Morgan fingerprint density at radius 2 is 2.16 bits per heavy atom. The molecule has 0 amide bonds. The molecule has 2 aromatic rings. The second-order valence-corrected chi connectivity index (χ2v) is 6.00. The fourth-order valence-electron chi connectivity index (χ4n) is 1.75. The van der Waals surface area contributed by atoms with Crippen molar-refractivity contribution in [2.45, 2.75) is 6.04 Å². The number of rotatable bonds is 5. The van der Waals surface area contributed by atoms with Crippen molar-refractivity contribution >= 4 is 27.3 Å². The number of methoxy groups -OCH3 is 2. The van der Waals surface area contributed by atoms with E-state index in [1.54, 1.807) is 31.8 Å². The van der Waals surface area contributed by atoms with Gasteiger partial charge in [0.25, 0.3) is 0 Å². The van der Waals surface area contributed by atoms with Gasteiger partial charge in [-0.25, -0.2) is 4.98 Å². The maximum atomic E-state index is 5.30. The lowest BCUT2D eigenvalue weighted by Crippen LogP contribution is -2.19. The Morgan fingerprint density at radius 1 is 1.37 bits per heavy atom. The lowest BCUT2D eigenvalue weighted by atomic mass is 10.1. The Hall–Kier alpha value is -1.18. The minimum atomic E-state index is -0.0732. The molecule has 2 rings (SSSR count). The highest BCUT2D eigenvalue weighted by molar-refractivity contribution is 9.11. The van der Waals surface area contributed by atoms with Crippen LogP contribution in [0.25, 0.3) is 0 Å². The standard InChI is InChI=1S/C12H14BrN3O2S/c1-14-10(7-4-8(13)19-6-7)11-12(18-3)16-9(17-2)5-15-11/h4-6,10,14H,1-3H3. The predicted octanol–water partition coefficient (Wildman–Crippen LogP) is 2.63. The Morgan fingerprint density at radius 3 is 2.68 bits per heavy atom. The van der Waals surface area contributed by atoms with Crippen LogP contribution in [0.15, 0.2) is 21.4 Å². The zero-order chi connectivity index (χ0) is 13.8. The van der Waals surface area contributed by atoms with Crippen molar-refractivity contribution in [3.8, 4) is 11.8 Å². The van der Waals surface area contributed by atoms with E-state index in [0.717, 1.165) is 15.0 Å². The number of nitrogens with zero attached hydrogens (tertiary/aromatic N) is 2. The van der Waals surface area contributed by atoms with Gasteiger partial charge in [0.2, 0.25) is 11.8 Å². The lowest BCUT2D eigenvalue weighted by Gasteiger charge is -2.16. The zero-order valence-corrected chi connectivity index (χ0v) is 13.2. The molecule has 0 aromatic carbocycles. The van der Waals surface area contributed by atoms with Crippen molar-refractivity contribution in [2.75, 3.05) is 21.3 Å². The summed E-state index contributed by atoms with van der Waals surface area (Å²) in [6.07, 6.45) is 1.59. The third-order valence-electron chi connectivity index (χ3n) is 2.63. The zero-order valence-electron chi connectivity index (χ0n) is 10.8. The van der Waals surface area contributed by atoms with Gasteiger partial charge in [0.05, 0.1) is 30.2 Å². The van der Waals surface area contributed by atoms with Crippen molar-refractivity contribution in [1.82, 2.24) is 15.3 Å². The molecular weight excluding hydrogens is 330 g/mol. The van der Waals surface area contributed by atoms with Crippen molar-refractivity contribution < 1.29 is 9.47 Å². The lowest BCUT2D eigenvalue weighted by molar-refractivity contribution is 0.353. The second kappa shape index (κ2) is 6.31. The second-order valence-electron chi connectivity index (χ2n) is 3.71. The normalized spacial score (nSPS) is 12.2. The van der Waals surface area contributed by atoms with Crippen LogP contribution in [0.4, 0.5) is 0 Å². The summed E-state index contributed by atoms with van der Waals surface area (Å²) in [5.41, 5.74) is 1.84. The van der Waals surface area contributed by atoms with Gasteiger partial charge in [-0.05, 0) is 40.0 Å². The van der Waals surface area contributed by atoms with Crippen LogP contribution in [-0.2, 0) is 0 Å². The number of hydrogen-bond donors (Lipinski definition) is 1. The maximum Gasteiger partial charge on any atom is 0.240 e. The van der Waals surface area contributed by atoms with Crippen LogP contribution >= 0.6 is 27.3 Å². The number of halogens is 1. The molecule has 1 N–H and O–H groups in total. The topological polar surface area (TPSA) is 56.3 Å². The molecule has 0 aliphatic carbocycles. The molecule has 2 heterocycles. The molecule has 19 heavy (non-hydrogen) atoms. The van der Waals surface area contributed by atoms with Crippen LogP contribution in [0.5, 0.6) is 11.8 Å². The van der Waals surface area contributed by atoms with Gasteiger partial charge >= 0.3 is 0 Å². The van der Waals surface area contributed by atoms with Gasteiger partial charge in [0.15, 0.2) is 0 Å². The van der Waals surface area contributed by atoms with Crippen LogP contribution in [0, 0.1) is 0 Å². The third kappa shape index (κ3) is 3.05. The first-order valence-corrected chi connectivity index (χ1v) is 7.23. The van der Waals surface area contributed by atoms with E-state index in [2.05, 4.69) is 42.7 Å².